The highest BCUT2D eigenvalue weighted by atomic mass is 35.5. The average molecular weight is 296 g/mol. The maximum absolute atomic E-state index is 5.90. The van der Waals surface area contributed by atoms with Crippen molar-refractivity contribution in [1.29, 1.82) is 0 Å². The molecule has 0 aliphatic carbocycles. The van der Waals surface area contributed by atoms with E-state index in [1.165, 1.54) is 0 Å². The largest absolute Gasteiger partial charge is 0.497 e. The van der Waals surface area contributed by atoms with E-state index in [1.54, 1.807) is 7.11 Å². The van der Waals surface area contributed by atoms with Crippen LogP contribution in [0, 0.1) is 0 Å². The summed E-state index contributed by atoms with van der Waals surface area (Å²) >= 11 is 5.90. The summed E-state index contributed by atoms with van der Waals surface area (Å²) in [6.45, 7) is 5.12. The van der Waals surface area contributed by atoms with Gasteiger partial charge in [0.25, 0.3) is 0 Å². The molecule has 0 radical (unpaired) electrons. The highest BCUT2D eigenvalue weighted by molar-refractivity contribution is 6.17. The van der Waals surface area contributed by atoms with Crippen LogP contribution in [0.15, 0.2) is 18.2 Å². The van der Waals surface area contributed by atoms with Crippen LogP contribution in [-0.2, 0) is 13.0 Å². The van der Waals surface area contributed by atoms with Crippen LogP contribution in [0.2, 0.25) is 0 Å². The van der Waals surface area contributed by atoms with Crippen LogP contribution < -0.4 is 4.74 Å². The molecular formula is C15H22ClN3O. The highest BCUT2D eigenvalue weighted by Crippen LogP contribution is 2.22. The maximum Gasteiger partial charge on any atom is 0.121 e. The smallest absolute Gasteiger partial charge is 0.121 e. The molecule has 5 heteroatoms. The molecule has 4 nitrogen and oxygen atoms in total. The van der Waals surface area contributed by atoms with Crippen LogP contribution in [0.5, 0.6) is 5.75 Å². The van der Waals surface area contributed by atoms with Crippen LogP contribution in [0.1, 0.15) is 12.7 Å². The van der Waals surface area contributed by atoms with Gasteiger partial charge >= 0.3 is 0 Å². The summed E-state index contributed by atoms with van der Waals surface area (Å²) in [5.41, 5.74) is 2.12. The first-order valence-electron chi connectivity index (χ1n) is 6.97. The minimum atomic E-state index is 0.587. The minimum Gasteiger partial charge on any atom is -0.497 e. The molecule has 1 aromatic carbocycles. The van der Waals surface area contributed by atoms with Gasteiger partial charge in [0.15, 0.2) is 0 Å². The quantitative estimate of drug-likeness (QED) is 0.736. The van der Waals surface area contributed by atoms with Crippen molar-refractivity contribution in [2.24, 2.45) is 0 Å². The zero-order valence-electron chi connectivity index (χ0n) is 12.4. The number of alkyl halides is 1. The van der Waals surface area contributed by atoms with Gasteiger partial charge in [-0.05, 0) is 25.7 Å². The van der Waals surface area contributed by atoms with Crippen molar-refractivity contribution in [3.63, 3.8) is 0 Å². The molecule has 0 amide bonds. The van der Waals surface area contributed by atoms with E-state index < -0.39 is 0 Å². The molecule has 1 aromatic heterocycles. The molecule has 0 spiro atoms. The summed E-state index contributed by atoms with van der Waals surface area (Å²) in [6, 6.07) is 6.00. The minimum absolute atomic E-state index is 0.587. The van der Waals surface area contributed by atoms with E-state index in [9.17, 15) is 0 Å². The number of imidazole rings is 1. The van der Waals surface area contributed by atoms with Crippen molar-refractivity contribution >= 4 is 22.6 Å². The van der Waals surface area contributed by atoms with Gasteiger partial charge in [-0.15, -0.1) is 11.6 Å². The molecule has 0 saturated heterocycles. The molecule has 0 aliphatic heterocycles. The van der Waals surface area contributed by atoms with Gasteiger partial charge in [0.05, 0.1) is 18.1 Å². The number of nitrogens with zero attached hydrogens (tertiary/aromatic N) is 3. The number of hydrogen-bond acceptors (Lipinski definition) is 3. The van der Waals surface area contributed by atoms with Crippen LogP contribution >= 0.6 is 11.6 Å². The Morgan fingerprint density at radius 1 is 1.40 bits per heavy atom. The first-order valence-corrected chi connectivity index (χ1v) is 7.50. The highest BCUT2D eigenvalue weighted by Gasteiger charge is 2.11. The van der Waals surface area contributed by atoms with Crippen LogP contribution in [0.3, 0.4) is 0 Å². The van der Waals surface area contributed by atoms with E-state index in [0.29, 0.717) is 5.88 Å². The van der Waals surface area contributed by atoms with E-state index in [-0.39, 0.29) is 0 Å². The number of methoxy groups -OCH3 is 1. The second kappa shape index (κ2) is 6.95. The molecule has 110 valence electrons. The first kappa shape index (κ1) is 15.1. The summed E-state index contributed by atoms with van der Waals surface area (Å²) in [5.74, 6) is 2.50. The van der Waals surface area contributed by atoms with Gasteiger partial charge in [-0.25, -0.2) is 4.98 Å². The number of fused-ring (bicyclic) bond motifs is 1. The molecule has 1 heterocycles. The molecule has 0 fully saturated rings. The van der Waals surface area contributed by atoms with Gasteiger partial charge in [0, 0.05) is 31.5 Å². The van der Waals surface area contributed by atoms with Crippen LogP contribution in [0.4, 0.5) is 0 Å². The summed E-state index contributed by atoms with van der Waals surface area (Å²) in [5, 5.41) is 0. The Hall–Kier alpha value is -1.26. The van der Waals surface area contributed by atoms with Gasteiger partial charge in [0.2, 0.25) is 0 Å². The van der Waals surface area contributed by atoms with Gasteiger partial charge in [-0.3, -0.25) is 0 Å². The van der Waals surface area contributed by atoms with Crippen LogP contribution in [0.25, 0.3) is 11.0 Å². The second-order valence-corrected chi connectivity index (χ2v) is 5.25. The van der Waals surface area contributed by atoms with Crippen molar-refractivity contribution in [2.45, 2.75) is 19.9 Å². The fraction of sp³-hybridized carbons (Fsp3) is 0.533. The predicted octanol–water partition coefficient (Wildman–Crippen LogP) is 2.78. The number of aryl methyl sites for hydroxylation is 1. The molecular weight excluding hydrogens is 274 g/mol. The number of rotatable bonds is 7. The number of halogens is 1. The van der Waals surface area contributed by atoms with Crippen molar-refractivity contribution in [3.8, 4) is 5.75 Å². The molecule has 0 saturated carbocycles. The zero-order chi connectivity index (χ0) is 14.5. The third-order valence-corrected chi connectivity index (χ3v) is 3.79. The monoisotopic (exact) mass is 295 g/mol. The fourth-order valence-electron chi connectivity index (χ4n) is 2.23. The Morgan fingerprint density at radius 2 is 2.20 bits per heavy atom. The number of hydrogen-bond donors (Lipinski definition) is 0. The number of benzene rings is 1. The summed E-state index contributed by atoms with van der Waals surface area (Å²) < 4.78 is 7.57. The standard InChI is InChI=1S/C15H22ClN3O/c1-4-18(2)9-10-19-14-11-12(20-3)5-6-13(14)17-15(19)7-8-16/h5-6,11H,4,7-10H2,1-3H3. The van der Waals surface area contributed by atoms with Crippen molar-refractivity contribution in [3.05, 3.63) is 24.0 Å². The second-order valence-electron chi connectivity index (χ2n) is 4.87. The topological polar surface area (TPSA) is 30.3 Å². The van der Waals surface area contributed by atoms with Gasteiger partial charge in [0.1, 0.15) is 11.6 Å². The Kier molecular flexibility index (Phi) is 5.26. The Balaban J connectivity index is 2.37. The third-order valence-electron chi connectivity index (χ3n) is 3.60. The molecule has 0 unspecified atom stereocenters. The molecule has 0 aliphatic rings. The lowest BCUT2D eigenvalue weighted by atomic mass is 10.3. The van der Waals surface area contributed by atoms with Crippen LogP contribution in [-0.4, -0.2) is 47.6 Å². The van der Waals surface area contributed by atoms with E-state index in [2.05, 4.69) is 28.4 Å². The Bertz CT molecular complexity index is 567. The zero-order valence-corrected chi connectivity index (χ0v) is 13.2. The van der Waals surface area contributed by atoms with E-state index in [0.717, 1.165) is 48.7 Å². The Labute approximate surface area is 125 Å². The van der Waals surface area contributed by atoms with Gasteiger partial charge in [-0.2, -0.15) is 0 Å². The van der Waals surface area contributed by atoms with E-state index in [1.807, 2.05) is 18.2 Å². The lowest BCUT2D eigenvalue weighted by molar-refractivity contribution is 0.335. The van der Waals surface area contributed by atoms with Crippen molar-refractivity contribution in [1.82, 2.24) is 14.5 Å². The summed E-state index contributed by atoms with van der Waals surface area (Å²) in [7, 11) is 3.81. The molecule has 0 N–H and O–H groups in total. The molecule has 0 bridgehead atoms. The van der Waals surface area contributed by atoms with Gasteiger partial charge in [-0.1, -0.05) is 6.92 Å². The van der Waals surface area contributed by atoms with Crippen molar-refractivity contribution < 1.29 is 4.74 Å². The molecule has 2 rings (SSSR count). The SMILES string of the molecule is CCN(C)CCn1c(CCCl)nc2ccc(OC)cc21. The summed E-state index contributed by atoms with van der Waals surface area (Å²) in [4.78, 5) is 6.97. The van der Waals surface area contributed by atoms with Crippen molar-refractivity contribution in [2.75, 3.05) is 33.1 Å². The Morgan fingerprint density at radius 3 is 2.85 bits per heavy atom. The third kappa shape index (κ3) is 3.25. The molecule has 20 heavy (non-hydrogen) atoms. The summed E-state index contributed by atoms with van der Waals surface area (Å²) in [6.07, 6.45) is 0.786. The normalized spacial score (nSPS) is 11.4. The molecule has 2 aromatic rings. The lowest BCUT2D eigenvalue weighted by Crippen LogP contribution is -2.23. The van der Waals surface area contributed by atoms with E-state index in [4.69, 9.17) is 16.3 Å². The van der Waals surface area contributed by atoms with Gasteiger partial charge < -0.3 is 14.2 Å². The molecule has 0 atom stereocenters. The number of likely N-dealkylation sites (N-methyl/N-ethyl adjacent to an activating group) is 1. The van der Waals surface area contributed by atoms with E-state index >= 15 is 0 Å². The first-order chi connectivity index (χ1) is 9.69. The number of ether oxygens (including phenoxy) is 1. The predicted molar refractivity (Wildman–Crippen MR) is 83.9 cm³/mol. The lowest BCUT2D eigenvalue weighted by Gasteiger charge is -2.16. The maximum atomic E-state index is 5.90. The number of aromatic nitrogens is 2. The average Bonchev–Trinajstić information content (AvgIpc) is 2.81. The fourth-order valence-corrected chi connectivity index (χ4v) is 2.40.